The van der Waals surface area contributed by atoms with E-state index in [4.69, 9.17) is 16.6 Å². The molecule has 0 fully saturated rings. The van der Waals surface area contributed by atoms with Gasteiger partial charge in [-0.1, -0.05) is 11.6 Å². The van der Waals surface area contributed by atoms with Crippen molar-refractivity contribution < 1.29 is 0 Å². The quantitative estimate of drug-likeness (QED) is 0.760. The second-order valence-corrected chi connectivity index (χ2v) is 6.07. The maximum atomic E-state index is 6.05. The largest absolute Gasteiger partial charge is 0.341 e. The van der Waals surface area contributed by atoms with E-state index in [1.807, 2.05) is 32.2 Å². The number of benzene rings is 1. The third-order valence-corrected chi connectivity index (χ3v) is 4.30. The molecule has 2 heterocycles. The fraction of sp³-hybridized carbons (Fsp3) is 0.353. The maximum Gasteiger partial charge on any atom is 0.229 e. The highest BCUT2D eigenvalue weighted by Gasteiger charge is 2.15. The molecule has 3 aromatic rings. The summed E-state index contributed by atoms with van der Waals surface area (Å²) in [6.07, 6.45) is 1.79. The summed E-state index contributed by atoms with van der Waals surface area (Å²) in [7, 11) is 1.89. The monoisotopic (exact) mass is 344 g/mol. The highest BCUT2D eigenvalue weighted by Crippen LogP contribution is 2.28. The summed E-state index contributed by atoms with van der Waals surface area (Å²) >= 11 is 6.05. The van der Waals surface area contributed by atoms with Crippen molar-refractivity contribution in [2.24, 2.45) is 7.05 Å². The van der Waals surface area contributed by atoms with Crippen LogP contribution in [0.3, 0.4) is 0 Å². The zero-order chi connectivity index (χ0) is 17.3. The summed E-state index contributed by atoms with van der Waals surface area (Å²) in [5.74, 6) is 1.45. The topological polar surface area (TPSA) is 58.9 Å². The molecule has 0 aliphatic rings. The third-order valence-electron chi connectivity index (χ3n) is 4.07. The lowest BCUT2D eigenvalue weighted by Gasteiger charge is -2.20. The van der Waals surface area contributed by atoms with E-state index in [9.17, 15) is 0 Å². The summed E-state index contributed by atoms with van der Waals surface area (Å²) in [5, 5.41) is 9.34. The molecule has 0 aliphatic heterocycles. The van der Waals surface area contributed by atoms with Gasteiger partial charge < -0.3 is 10.2 Å². The zero-order valence-electron chi connectivity index (χ0n) is 14.3. The highest BCUT2D eigenvalue weighted by atomic mass is 35.5. The van der Waals surface area contributed by atoms with E-state index in [0.717, 1.165) is 46.2 Å². The summed E-state index contributed by atoms with van der Waals surface area (Å²) in [5.41, 5.74) is 2.83. The molecule has 0 saturated heterocycles. The predicted octanol–water partition coefficient (Wildman–Crippen LogP) is 3.91. The van der Waals surface area contributed by atoms with E-state index in [2.05, 4.69) is 34.1 Å². The van der Waals surface area contributed by atoms with E-state index in [-0.39, 0.29) is 0 Å². The van der Waals surface area contributed by atoms with Crippen LogP contribution >= 0.6 is 11.6 Å². The number of hydrogen-bond acceptors (Lipinski definition) is 5. The van der Waals surface area contributed by atoms with Crippen molar-refractivity contribution in [1.29, 1.82) is 0 Å². The van der Waals surface area contributed by atoms with Crippen LogP contribution in [0, 0.1) is 6.92 Å². The normalized spacial score (nSPS) is 11.0. The molecule has 126 valence electrons. The van der Waals surface area contributed by atoms with Gasteiger partial charge in [0.1, 0.15) is 5.82 Å². The van der Waals surface area contributed by atoms with Gasteiger partial charge in [-0.3, -0.25) is 4.68 Å². The van der Waals surface area contributed by atoms with Crippen molar-refractivity contribution in [1.82, 2.24) is 19.7 Å². The summed E-state index contributed by atoms with van der Waals surface area (Å²) in [4.78, 5) is 11.5. The van der Waals surface area contributed by atoms with Crippen molar-refractivity contribution >= 4 is 40.1 Å². The van der Waals surface area contributed by atoms with Gasteiger partial charge in [0.15, 0.2) is 5.65 Å². The average Bonchev–Trinajstić information content (AvgIpc) is 2.93. The van der Waals surface area contributed by atoms with Crippen LogP contribution < -0.4 is 10.2 Å². The SMILES string of the molecule is CCN(CC)c1nc(Nc2ccc(Cl)cc2C)c2cnn(C)c2n1. The number of halogens is 1. The third kappa shape index (κ3) is 3.01. The van der Waals surface area contributed by atoms with E-state index < -0.39 is 0 Å². The fourth-order valence-corrected chi connectivity index (χ4v) is 2.88. The Morgan fingerprint density at radius 1 is 1.21 bits per heavy atom. The summed E-state index contributed by atoms with van der Waals surface area (Å²) in [6, 6.07) is 5.75. The Morgan fingerprint density at radius 2 is 1.96 bits per heavy atom. The first-order chi connectivity index (χ1) is 11.5. The van der Waals surface area contributed by atoms with Gasteiger partial charge in [-0.2, -0.15) is 15.1 Å². The van der Waals surface area contributed by atoms with Gasteiger partial charge >= 0.3 is 0 Å². The minimum atomic E-state index is 0.699. The molecule has 7 heteroatoms. The Kier molecular flexibility index (Phi) is 4.57. The molecule has 0 radical (unpaired) electrons. The standard InChI is InChI=1S/C17H21ClN6/c1-5-24(6-2)17-21-15(13-10-19-23(4)16(13)22-17)20-14-8-7-12(18)9-11(14)3/h7-10H,5-6H2,1-4H3,(H,20,21,22). The first kappa shape index (κ1) is 16.5. The first-order valence-electron chi connectivity index (χ1n) is 8.01. The fourth-order valence-electron chi connectivity index (χ4n) is 2.65. The number of aromatic nitrogens is 4. The molecule has 0 atom stereocenters. The minimum absolute atomic E-state index is 0.699. The zero-order valence-corrected chi connectivity index (χ0v) is 15.1. The van der Waals surface area contributed by atoms with Crippen molar-refractivity contribution in [2.45, 2.75) is 20.8 Å². The molecule has 0 amide bonds. The highest BCUT2D eigenvalue weighted by molar-refractivity contribution is 6.30. The van der Waals surface area contributed by atoms with Crippen LogP contribution in [0.1, 0.15) is 19.4 Å². The second kappa shape index (κ2) is 6.65. The molecular formula is C17H21ClN6. The van der Waals surface area contributed by atoms with Crippen LogP contribution in [0.25, 0.3) is 11.0 Å². The number of rotatable bonds is 5. The van der Waals surface area contributed by atoms with Crippen LogP contribution in [0.5, 0.6) is 0 Å². The number of anilines is 3. The van der Waals surface area contributed by atoms with Gasteiger partial charge in [-0.15, -0.1) is 0 Å². The molecular weight excluding hydrogens is 324 g/mol. The number of nitrogens with one attached hydrogen (secondary N) is 1. The van der Waals surface area contributed by atoms with Crippen LogP contribution in [0.4, 0.5) is 17.5 Å². The van der Waals surface area contributed by atoms with Gasteiger partial charge in [0.25, 0.3) is 0 Å². The molecule has 0 bridgehead atoms. The van der Waals surface area contributed by atoms with E-state index in [0.29, 0.717) is 5.95 Å². The maximum absolute atomic E-state index is 6.05. The Bertz CT molecular complexity index is 869. The van der Waals surface area contributed by atoms with Crippen LogP contribution in [0.2, 0.25) is 5.02 Å². The van der Waals surface area contributed by atoms with Crippen LogP contribution in [-0.2, 0) is 7.05 Å². The number of nitrogens with zero attached hydrogens (tertiary/aromatic N) is 5. The molecule has 0 unspecified atom stereocenters. The molecule has 1 N–H and O–H groups in total. The molecule has 6 nitrogen and oxygen atoms in total. The van der Waals surface area contributed by atoms with Gasteiger partial charge in [0.05, 0.1) is 11.6 Å². The molecule has 1 aromatic carbocycles. The van der Waals surface area contributed by atoms with Crippen molar-refractivity contribution in [3.63, 3.8) is 0 Å². The molecule has 0 saturated carbocycles. The number of fused-ring (bicyclic) bond motifs is 1. The van der Waals surface area contributed by atoms with Crippen molar-refractivity contribution in [3.05, 3.63) is 35.0 Å². The van der Waals surface area contributed by atoms with Gasteiger partial charge in [-0.25, -0.2) is 0 Å². The molecule has 0 aliphatic carbocycles. The number of hydrogen-bond donors (Lipinski definition) is 1. The second-order valence-electron chi connectivity index (χ2n) is 5.63. The van der Waals surface area contributed by atoms with Gasteiger partial charge in [0.2, 0.25) is 5.95 Å². The Morgan fingerprint density at radius 3 is 2.62 bits per heavy atom. The Balaban J connectivity index is 2.11. The Labute approximate surface area is 146 Å². The molecule has 2 aromatic heterocycles. The van der Waals surface area contributed by atoms with Gasteiger partial charge in [0, 0.05) is 30.8 Å². The lowest BCUT2D eigenvalue weighted by atomic mass is 10.2. The summed E-state index contributed by atoms with van der Waals surface area (Å²) < 4.78 is 1.77. The lowest BCUT2D eigenvalue weighted by Crippen LogP contribution is -2.24. The van der Waals surface area contributed by atoms with E-state index in [1.54, 1.807) is 10.9 Å². The molecule has 24 heavy (non-hydrogen) atoms. The van der Waals surface area contributed by atoms with Crippen molar-refractivity contribution in [2.75, 3.05) is 23.3 Å². The Hall–Kier alpha value is -2.34. The smallest absolute Gasteiger partial charge is 0.229 e. The van der Waals surface area contributed by atoms with Crippen LogP contribution in [0.15, 0.2) is 24.4 Å². The molecule has 0 spiro atoms. The predicted molar refractivity (Wildman–Crippen MR) is 99.3 cm³/mol. The first-order valence-corrected chi connectivity index (χ1v) is 8.39. The minimum Gasteiger partial charge on any atom is -0.341 e. The molecule has 3 rings (SSSR count). The average molecular weight is 345 g/mol. The van der Waals surface area contributed by atoms with E-state index >= 15 is 0 Å². The lowest BCUT2D eigenvalue weighted by molar-refractivity contribution is 0.776. The summed E-state index contributed by atoms with van der Waals surface area (Å²) in [6.45, 7) is 7.90. The van der Waals surface area contributed by atoms with Crippen LogP contribution in [-0.4, -0.2) is 32.8 Å². The van der Waals surface area contributed by atoms with E-state index in [1.165, 1.54) is 0 Å². The van der Waals surface area contributed by atoms with Crippen molar-refractivity contribution in [3.8, 4) is 0 Å². The van der Waals surface area contributed by atoms with Gasteiger partial charge in [-0.05, 0) is 44.5 Å². The number of aryl methyl sites for hydroxylation is 2.